The summed E-state index contributed by atoms with van der Waals surface area (Å²) >= 11 is 0. The number of furan rings is 1. The molecule has 5 N–H and O–H groups in total. The van der Waals surface area contributed by atoms with E-state index in [9.17, 15) is 24.3 Å². The van der Waals surface area contributed by atoms with Gasteiger partial charge in [0, 0.05) is 29.5 Å². The fourth-order valence-electron chi connectivity index (χ4n) is 4.91. The lowest BCUT2D eigenvalue weighted by Gasteiger charge is -2.15. The van der Waals surface area contributed by atoms with E-state index in [1.54, 1.807) is 61.7 Å². The SMILES string of the molecule is COc1ccc(CCC(=O)N[C@@H](Cc2ccc(NC(=O)c3cc4cc(C(=N)NC(=O)OCc5ccccc5)ccc4o3)cc2)C(=O)O)cc1. The molecule has 0 saturated carbocycles. The summed E-state index contributed by atoms with van der Waals surface area (Å²) in [6.07, 6.45) is -0.127. The zero-order chi connectivity index (χ0) is 34.8. The number of nitrogens with one attached hydrogen (secondary N) is 4. The number of ether oxygens (including phenoxy) is 2. The molecule has 0 aliphatic rings. The van der Waals surface area contributed by atoms with Crippen molar-refractivity contribution in [3.8, 4) is 5.75 Å². The monoisotopic (exact) mass is 662 g/mol. The minimum absolute atomic E-state index is 0.0290. The zero-order valence-electron chi connectivity index (χ0n) is 26.5. The Morgan fingerprint density at radius 3 is 2.27 bits per heavy atom. The minimum Gasteiger partial charge on any atom is -0.497 e. The number of anilines is 1. The molecule has 0 unspecified atom stereocenters. The summed E-state index contributed by atoms with van der Waals surface area (Å²) in [6.45, 7) is 0.0651. The quantitative estimate of drug-likeness (QED) is 0.0788. The van der Waals surface area contributed by atoms with E-state index < -0.39 is 24.0 Å². The van der Waals surface area contributed by atoms with Crippen LogP contribution in [0.3, 0.4) is 0 Å². The van der Waals surface area contributed by atoms with Crippen LogP contribution in [0.25, 0.3) is 11.0 Å². The fourth-order valence-corrected chi connectivity index (χ4v) is 4.91. The van der Waals surface area contributed by atoms with Gasteiger partial charge in [-0.05, 0) is 71.6 Å². The predicted octanol–water partition coefficient (Wildman–Crippen LogP) is 5.69. The molecule has 3 amide bonds. The predicted molar refractivity (Wildman–Crippen MR) is 182 cm³/mol. The van der Waals surface area contributed by atoms with Crippen LogP contribution in [0.1, 0.15) is 39.2 Å². The van der Waals surface area contributed by atoms with Crippen LogP contribution in [0.2, 0.25) is 0 Å². The highest BCUT2D eigenvalue weighted by molar-refractivity contribution is 6.08. The van der Waals surface area contributed by atoms with Crippen LogP contribution in [0.5, 0.6) is 5.75 Å². The average Bonchev–Trinajstić information content (AvgIpc) is 3.55. The van der Waals surface area contributed by atoms with Crippen molar-refractivity contribution >= 4 is 46.4 Å². The Hall–Kier alpha value is -6.43. The van der Waals surface area contributed by atoms with Crippen LogP contribution in [0.15, 0.2) is 108 Å². The number of methoxy groups -OCH3 is 1. The topological polar surface area (TPSA) is 180 Å². The van der Waals surface area contributed by atoms with Gasteiger partial charge in [-0.25, -0.2) is 9.59 Å². The highest BCUT2D eigenvalue weighted by Gasteiger charge is 2.21. The number of aryl methyl sites for hydroxylation is 1. The molecule has 0 bridgehead atoms. The fraction of sp³-hybridized carbons (Fsp3) is 0.162. The molecule has 1 aromatic heterocycles. The third-order valence-electron chi connectivity index (χ3n) is 7.55. The number of fused-ring (bicyclic) bond motifs is 1. The molecule has 0 aliphatic carbocycles. The summed E-state index contributed by atoms with van der Waals surface area (Å²) in [4.78, 5) is 49.5. The van der Waals surface area contributed by atoms with Gasteiger partial charge in [0.15, 0.2) is 5.76 Å². The number of carboxylic acids is 1. The Morgan fingerprint density at radius 1 is 0.857 bits per heavy atom. The van der Waals surface area contributed by atoms with Crippen molar-refractivity contribution < 1.29 is 38.2 Å². The molecule has 5 aromatic rings. The number of alkyl carbamates (subject to hydrolysis) is 1. The van der Waals surface area contributed by atoms with E-state index >= 15 is 0 Å². The van der Waals surface area contributed by atoms with Gasteiger partial charge in [0.25, 0.3) is 5.91 Å². The minimum atomic E-state index is -1.16. The number of hydrogen-bond donors (Lipinski definition) is 5. The first-order valence-corrected chi connectivity index (χ1v) is 15.3. The van der Waals surface area contributed by atoms with Crippen molar-refractivity contribution in [2.24, 2.45) is 0 Å². The first kappa shape index (κ1) is 33.9. The molecular weight excluding hydrogens is 628 g/mol. The maximum Gasteiger partial charge on any atom is 0.413 e. The van der Waals surface area contributed by atoms with Gasteiger partial charge in [0.1, 0.15) is 29.8 Å². The molecule has 0 saturated heterocycles. The second kappa shape index (κ2) is 15.9. The van der Waals surface area contributed by atoms with E-state index in [2.05, 4.69) is 16.0 Å². The number of aliphatic carboxylic acids is 1. The van der Waals surface area contributed by atoms with E-state index in [-0.39, 0.29) is 37.0 Å². The Labute approximate surface area is 281 Å². The van der Waals surface area contributed by atoms with Crippen LogP contribution in [0.4, 0.5) is 10.5 Å². The van der Waals surface area contributed by atoms with Crippen molar-refractivity contribution in [2.45, 2.75) is 31.9 Å². The number of carboxylic acid groups (broad SMARTS) is 1. The van der Waals surface area contributed by atoms with E-state index in [1.165, 1.54) is 6.07 Å². The molecule has 5 rings (SSSR count). The largest absolute Gasteiger partial charge is 0.497 e. The molecule has 0 aliphatic heterocycles. The van der Waals surface area contributed by atoms with E-state index in [4.69, 9.17) is 19.3 Å². The normalized spacial score (nSPS) is 11.3. The Balaban J connectivity index is 1.12. The van der Waals surface area contributed by atoms with Crippen molar-refractivity contribution in [1.82, 2.24) is 10.6 Å². The van der Waals surface area contributed by atoms with Crippen LogP contribution >= 0.6 is 0 Å². The number of carbonyl (C=O) groups excluding carboxylic acids is 3. The van der Waals surface area contributed by atoms with Gasteiger partial charge in [-0.1, -0.05) is 54.6 Å². The van der Waals surface area contributed by atoms with Crippen molar-refractivity contribution in [1.29, 1.82) is 5.41 Å². The molecule has 49 heavy (non-hydrogen) atoms. The van der Waals surface area contributed by atoms with Gasteiger partial charge in [-0.3, -0.25) is 20.3 Å². The maximum atomic E-state index is 13.0. The summed E-state index contributed by atoms with van der Waals surface area (Å²) in [7, 11) is 1.57. The van der Waals surface area contributed by atoms with Gasteiger partial charge in [0.2, 0.25) is 5.91 Å². The number of benzene rings is 4. The van der Waals surface area contributed by atoms with Crippen LogP contribution in [-0.2, 0) is 33.8 Å². The number of rotatable bonds is 13. The third kappa shape index (κ3) is 9.55. The third-order valence-corrected chi connectivity index (χ3v) is 7.55. The molecule has 1 atom stereocenters. The van der Waals surface area contributed by atoms with Gasteiger partial charge in [-0.15, -0.1) is 0 Å². The van der Waals surface area contributed by atoms with Gasteiger partial charge in [-0.2, -0.15) is 0 Å². The zero-order valence-corrected chi connectivity index (χ0v) is 26.5. The van der Waals surface area contributed by atoms with E-state index in [0.29, 0.717) is 40.0 Å². The van der Waals surface area contributed by atoms with Crippen LogP contribution in [-0.4, -0.2) is 48.0 Å². The van der Waals surface area contributed by atoms with Crippen molar-refractivity contribution in [3.05, 3.63) is 131 Å². The number of amides is 3. The molecule has 0 fully saturated rings. The van der Waals surface area contributed by atoms with Crippen LogP contribution < -0.4 is 20.7 Å². The smallest absolute Gasteiger partial charge is 0.413 e. The average molecular weight is 663 g/mol. The number of hydrogen-bond acceptors (Lipinski definition) is 8. The lowest BCUT2D eigenvalue weighted by molar-refractivity contribution is -0.141. The standard InChI is InChI=1S/C37H34N4O8/c1-47-29-15-9-23(10-16-29)11-18-33(42)40-30(36(44)45)19-24-7-13-28(14-8-24)39-35(43)32-21-27-20-26(12-17-31(27)49-32)34(38)41-37(46)48-22-25-5-3-2-4-6-25/h2-10,12-17,20-21,30H,11,18-19,22H2,1H3,(H,39,43)(H,40,42)(H,44,45)(H2,38,41,46)/t30-/m0/s1. The Bertz CT molecular complexity index is 1950. The lowest BCUT2D eigenvalue weighted by atomic mass is 10.0. The molecule has 250 valence electrons. The maximum absolute atomic E-state index is 13.0. The molecule has 0 radical (unpaired) electrons. The molecular formula is C37H34N4O8. The number of amidine groups is 1. The summed E-state index contributed by atoms with van der Waals surface area (Å²) in [5.41, 5.74) is 3.65. The van der Waals surface area contributed by atoms with Gasteiger partial charge in [0.05, 0.1) is 7.11 Å². The second-order valence-electron chi connectivity index (χ2n) is 11.1. The van der Waals surface area contributed by atoms with Crippen molar-refractivity contribution in [2.75, 3.05) is 12.4 Å². The van der Waals surface area contributed by atoms with Crippen molar-refractivity contribution in [3.63, 3.8) is 0 Å². The molecule has 0 spiro atoms. The van der Waals surface area contributed by atoms with E-state index in [0.717, 1.165) is 11.1 Å². The summed E-state index contributed by atoms with van der Waals surface area (Å²) < 4.78 is 16.0. The van der Waals surface area contributed by atoms with Gasteiger partial charge >= 0.3 is 12.1 Å². The number of carbonyl (C=O) groups is 4. The summed E-state index contributed by atoms with van der Waals surface area (Å²) in [6, 6.07) is 28.3. The first-order chi connectivity index (χ1) is 23.7. The second-order valence-corrected chi connectivity index (χ2v) is 11.1. The van der Waals surface area contributed by atoms with Gasteiger partial charge < -0.3 is 29.6 Å². The molecule has 12 nitrogen and oxygen atoms in total. The molecule has 4 aromatic carbocycles. The molecule has 12 heteroatoms. The molecule has 1 heterocycles. The summed E-state index contributed by atoms with van der Waals surface area (Å²) in [5.74, 6) is -1.48. The summed E-state index contributed by atoms with van der Waals surface area (Å²) in [5, 5.41) is 26.2. The highest BCUT2D eigenvalue weighted by atomic mass is 16.5. The Morgan fingerprint density at radius 2 is 1.57 bits per heavy atom. The highest BCUT2D eigenvalue weighted by Crippen LogP contribution is 2.22. The first-order valence-electron chi connectivity index (χ1n) is 15.3. The van der Waals surface area contributed by atoms with E-state index in [1.807, 2.05) is 42.5 Å². The Kier molecular flexibility index (Phi) is 11.0. The lowest BCUT2D eigenvalue weighted by Crippen LogP contribution is -2.42. The van der Waals surface area contributed by atoms with Crippen LogP contribution in [0, 0.1) is 5.41 Å².